The lowest BCUT2D eigenvalue weighted by molar-refractivity contribution is -0.145. The maximum atomic E-state index is 11.9. The Morgan fingerprint density at radius 2 is 2.00 bits per heavy atom. The number of nitrogens with zero attached hydrogens (tertiary/aromatic N) is 2. The monoisotopic (exact) mass is 228 g/mol. The SMILES string of the molecule is CC1CN(C)CCN1C(=O)COC(C)(C)C. The van der Waals surface area contributed by atoms with Crippen LogP contribution in [0, 0.1) is 0 Å². The van der Waals surface area contributed by atoms with Crippen molar-refractivity contribution in [3.63, 3.8) is 0 Å². The van der Waals surface area contributed by atoms with E-state index < -0.39 is 0 Å². The van der Waals surface area contributed by atoms with Crippen molar-refractivity contribution in [3.05, 3.63) is 0 Å². The van der Waals surface area contributed by atoms with Crippen LogP contribution in [0.3, 0.4) is 0 Å². The lowest BCUT2D eigenvalue weighted by atomic mass is 10.2. The van der Waals surface area contributed by atoms with E-state index in [4.69, 9.17) is 4.74 Å². The Balaban J connectivity index is 2.42. The van der Waals surface area contributed by atoms with Crippen LogP contribution < -0.4 is 0 Å². The van der Waals surface area contributed by atoms with Crippen LogP contribution in [0.4, 0.5) is 0 Å². The van der Waals surface area contributed by atoms with Crippen LogP contribution in [0.15, 0.2) is 0 Å². The molecule has 0 aromatic rings. The molecule has 4 nitrogen and oxygen atoms in total. The van der Waals surface area contributed by atoms with Gasteiger partial charge < -0.3 is 14.5 Å². The third-order valence-electron chi connectivity index (χ3n) is 2.78. The summed E-state index contributed by atoms with van der Waals surface area (Å²) in [7, 11) is 2.09. The summed E-state index contributed by atoms with van der Waals surface area (Å²) in [6.45, 7) is 10.9. The second-order valence-electron chi connectivity index (χ2n) is 5.60. The molecule has 0 N–H and O–H groups in total. The van der Waals surface area contributed by atoms with Crippen LogP contribution in [0.5, 0.6) is 0 Å². The first-order chi connectivity index (χ1) is 7.29. The summed E-state index contributed by atoms with van der Waals surface area (Å²) >= 11 is 0. The molecule has 0 bridgehead atoms. The number of amides is 1. The second kappa shape index (κ2) is 5.15. The Morgan fingerprint density at radius 3 is 2.50 bits per heavy atom. The number of ether oxygens (including phenoxy) is 1. The average Bonchev–Trinajstić information content (AvgIpc) is 2.13. The normalized spacial score (nSPS) is 23.6. The number of carbonyl (C=O) groups excluding carboxylic acids is 1. The summed E-state index contributed by atoms with van der Waals surface area (Å²) < 4.78 is 5.51. The minimum Gasteiger partial charge on any atom is -0.366 e. The molecule has 1 rings (SSSR count). The summed E-state index contributed by atoms with van der Waals surface area (Å²) in [4.78, 5) is 16.1. The molecule has 1 amide bonds. The molecule has 94 valence electrons. The molecule has 1 aliphatic heterocycles. The van der Waals surface area contributed by atoms with Gasteiger partial charge in [0.25, 0.3) is 0 Å². The molecular weight excluding hydrogens is 204 g/mol. The van der Waals surface area contributed by atoms with Crippen molar-refractivity contribution < 1.29 is 9.53 Å². The molecule has 1 saturated heterocycles. The zero-order valence-corrected chi connectivity index (χ0v) is 11.1. The maximum Gasteiger partial charge on any atom is 0.248 e. The van der Waals surface area contributed by atoms with E-state index in [9.17, 15) is 4.79 Å². The zero-order chi connectivity index (χ0) is 12.3. The molecular formula is C12H24N2O2. The first-order valence-corrected chi connectivity index (χ1v) is 5.91. The minimum absolute atomic E-state index is 0.107. The topological polar surface area (TPSA) is 32.8 Å². The van der Waals surface area contributed by atoms with Gasteiger partial charge in [-0.25, -0.2) is 0 Å². The highest BCUT2D eigenvalue weighted by molar-refractivity contribution is 5.78. The van der Waals surface area contributed by atoms with Gasteiger partial charge in [-0.3, -0.25) is 4.79 Å². The maximum absolute atomic E-state index is 11.9. The van der Waals surface area contributed by atoms with E-state index >= 15 is 0 Å². The quantitative estimate of drug-likeness (QED) is 0.706. The summed E-state index contributed by atoms with van der Waals surface area (Å²) in [5.41, 5.74) is -0.245. The summed E-state index contributed by atoms with van der Waals surface area (Å²) in [5.74, 6) is 0.107. The number of carbonyl (C=O) groups is 1. The van der Waals surface area contributed by atoms with Crippen molar-refractivity contribution in [2.24, 2.45) is 0 Å². The van der Waals surface area contributed by atoms with E-state index in [1.54, 1.807) is 0 Å². The first-order valence-electron chi connectivity index (χ1n) is 5.91. The molecule has 1 fully saturated rings. The van der Waals surface area contributed by atoms with Gasteiger partial charge in [0.2, 0.25) is 5.91 Å². The van der Waals surface area contributed by atoms with Gasteiger partial charge in [-0.05, 0) is 34.7 Å². The number of likely N-dealkylation sites (N-methyl/N-ethyl adjacent to an activating group) is 1. The highest BCUT2D eigenvalue weighted by atomic mass is 16.5. The fourth-order valence-corrected chi connectivity index (χ4v) is 1.87. The van der Waals surface area contributed by atoms with Crippen molar-refractivity contribution in [1.29, 1.82) is 0 Å². The van der Waals surface area contributed by atoms with Crippen LogP contribution in [0.25, 0.3) is 0 Å². The molecule has 1 unspecified atom stereocenters. The molecule has 0 radical (unpaired) electrons. The molecule has 1 heterocycles. The minimum atomic E-state index is -0.245. The van der Waals surface area contributed by atoms with E-state index in [2.05, 4.69) is 18.9 Å². The van der Waals surface area contributed by atoms with E-state index in [-0.39, 0.29) is 24.2 Å². The average molecular weight is 228 g/mol. The van der Waals surface area contributed by atoms with E-state index in [1.165, 1.54) is 0 Å². The highest BCUT2D eigenvalue weighted by Gasteiger charge is 2.26. The molecule has 4 heteroatoms. The van der Waals surface area contributed by atoms with Gasteiger partial charge in [0, 0.05) is 25.7 Å². The van der Waals surface area contributed by atoms with Crippen LogP contribution in [-0.2, 0) is 9.53 Å². The fourth-order valence-electron chi connectivity index (χ4n) is 1.87. The van der Waals surface area contributed by atoms with E-state index in [0.29, 0.717) is 0 Å². The van der Waals surface area contributed by atoms with E-state index in [0.717, 1.165) is 19.6 Å². The van der Waals surface area contributed by atoms with Gasteiger partial charge in [0.15, 0.2) is 0 Å². The van der Waals surface area contributed by atoms with E-state index in [1.807, 2.05) is 25.7 Å². The lowest BCUT2D eigenvalue weighted by Gasteiger charge is -2.38. The van der Waals surface area contributed by atoms with Crippen LogP contribution >= 0.6 is 0 Å². The van der Waals surface area contributed by atoms with Gasteiger partial charge >= 0.3 is 0 Å². The molecule has 0 aromatic heterocycles. The Labute approximate surface area is 98.5 Å². The third kappa shape index (κ3) is 4.10. The smallest absolute Gasteiger partial charge is 0.248 e. The van der Waals surface area contributed by atoms with Gasteiger partial charge in [-0.2, -0.15) is 0 Å². The molecule has 0 aromatic carbocycles. The second-order valence-corrected chi connectivity index (χ2v) is 5.60. The predicted molar refractivity (Wildman–Crippen MR) is 64.4 cm³/mol. The number of hydrogen-bond acceptors (Lipinski definition) is 3. The van der Waals surface area contributed by atoms with Crippen molar-refractivity contribution in [2.75, 3.05) is 33.3 Å². The predicted octanol–water partition coefficient (Wildman–Crippen LogP) is 0.964. The van der Waals surface area contributed by atoms with Gasteiger partial charge in [0.1, 0.15) is 6.61 Å². The highest BCUT2D eigenvalue weighted by Crippen LogP contribution is 2.11. The van der Waals surface area contributed by atoms with Crippen molar-refractivity contribution in [1.82, 2.24) is 9.80 Å². The number of piperazine rings is 1. The van der Waals surface area contributed by atoms with Gasteiger partial charge in [-0.15, -0.1) is 0 Å². The standard InChI is InChI=1S/C12H24N2O2/c1-10-8-13(5)6-7-14(10)11(15)9-16-12(2,3)4/h10H,6-9H2,1-5H3. The largest absolute Gasteiger partial charge is 0.366 e. The Morgan fingerprint density at radius 1 is 1.38 bits per heavy atom. The summed E-state index contributed by atoms with van der Waals surface area (Å²) in [6, 6.07) is 0.287. The van der Waals surface area contributed by atoms with Crippen LogP contribution in [-0.4, -0.2) is 60.6 Å². The molecule has 1 atom stereocenters. The van der Waals surface area contributed by atoms with Crippen molar-refractivity contribution in [2.45, 2.75) is 39.3 Å². The third-order valence-corrected chi connectivity index (χ3v) is 2.78. The fraction of sp³-hybridized carbons (Fsp3) is 0.917. The Kier molecular flexibility index (Phi) is 4.33. The summed E-state index contributed by atoms with van der Waals surface area (Å²) in [6.07, 6.45) is 0. The molecule has 0 aliphatic carbocycles. The van der Waals surface area contributed by atoms with Crippen LogP contribution in [0.2, 0.25) is 0 Å². The first kappa shape index (κ1) is 13.5. The van der Waals surface area contributed by atoms with Crippen molar-refractivity contribution >= 4 is 5.91 Å². The van der Waals surface area contributed by atoms with Crippen LogP contribution in [0.1, 0.15) is 27.7 Å². The molecule has 0 saturated carbocycles. The number of rotatable bonds is 2. The van der Waals surface area contributed by atoms with Gasteiger partial charge in [-0.1, -0.05) is 0 Å². The Hall–Kier alpha value is -0.610. The summed E-state index contributed by atoms with van der Waals surface area (Å²) in [5, 5.41) is 0. The molecule has 1 aliphatic rings. The lowest BCUT2D eigenvalue weighted by Crippen LogP contribution is -2.53. The van der Waals surface area contributed by atoms with Crippen molar-refractivity contribution in [3.8, 4) is 0 Å². The Bertz CT molecular complexity index is 248. The zero-order valence-electron chi connectivity index (χ0n) is 11.1. The molecule has 0 spiro atoms. The van der Waals surface area contributed by atoms with Gasteiger partial charge in [0.05, 0.1) is 5.60 Å². The molecule has 16 heavy (non-hydrogen) atoms. The number of hydrogen-bond donors (Lipinski definition) is 0.